The van der Waals surface area contributed by atoms with Crippen molar-refractivity contribution < 1.29 is 8.83 Å². The van der Waals surface area contributed by atoms with Crippen LogP contribution < -0.4 is 9.80 Å². The topological polar surface area (TPSA) is 32.8 Å². The molecule has 15 rings (SSSR count). The normalized spacial score (nSPS) is 12.8. The first-order valence-electron chi connectivity index (χ1n) is 25.8. The predicted molar refractivity (Wildman–Crippen MR) is 314 cm³/mol. The average Bonchev–Trinajstić information content (AvgIpc) is 4.06. The number of benzene rings is 12. The van der Waals surface area contributed by atoms with E-state index in [-0.39, 0.29) is 5.41 Å². The molecule has 2 heterocycles. The lowest BCUT2D eigenvalue weighted by atomic mass is 9.68. The maximum Gasteiger partial charge on any atom is 0.159 e. The molecule has 0 saturated heterocycles. The fraction of sp³-hybridized carbons (Fsp3) is 0.0423. The van der Waals surface area contributed by atoms with Crippen molar-refractivity contribution in [2.75, 3.05) is 9.80 Å². The Morgan fingerprint density at radius 1 is 0.307 bits per heavy atom. The molecule has 0 amide bonds. The first kappa shape index (κ1) is 43.0. The molecule has 0 atom stereocenters. The van der Waals surface area contributed by atoms with E-state index >= 15 is 0 Å². The van der Waals surface area contributed by atoms with Gasteiger partial charge >= 0.3 is 0 Å². The maximum atomic E-state index is 7.04. The summed E-state index contributed by atoms with van der Waals surface area (Å²) in [7, 11) is 0. The molecule has 0 saturated carbocycles. The zero-order chi connectivity index (χ0) is 49.8. The largest absolute Gasteiger partial charge is 0.454 e. The van der Waals surface area contributed by atoms with Gasteiger partial charge in [0.1, 0.15) is 11.2 Å². The summed E-state index contributed by atoms with van der Waals surface area (Å²) in [6.45, 7) is 4.79. The van der Waals surface area contributed by atoms with E-state index in [1.165, 1.54) is 43.8 Å². The molecule has 0 unspecified atom stereocenters. The van der Waals surface area contributed by atoms with Crippen LogP contribution in [0.2, 0.25) is 0 Å². The third-order valence-electron chi connectivity index (χ3n) is 15.8. The molecule has 4 nitrogen and oxygen atoms in total. The zero-order valence-corrected chi connectivity index (χ0v) is 41.5. The summed E-state index contributed by atoms with van der Waals surface area (Å²) in [5, 5.41) is 9.31. The van der Waals surface area contributed by atoms with Crippen molar-refractivity contribution in [3.8, 4) is 33.4 Å². The van der Waals surface area contributed by atoms with Gasteiger partial charge in [-0.2, -0.15) is 0 Å². The summed E-state index contributed by atoms with van der Waals surface area (Å²) in [6.07, 6.45) is 0. The Balaban J connectivity index is 0.911. The first-order valence-corrected chi connectivity index (χ1v) is 25.8. The fourth-order valence-electron chi connectivity index (χ4n) is 12.3. The van der Waals surface area contributed by atoms with Crippen LogP contribution in [-0.4, -0.2) is 0 Å². The summed E-state index contributed by atoms with van der Waals surface area (Å²) in [5.41, 5.74) is 18.9. The Labute approximate surface area is 434 Å². The maximum absolute atomic E-state index is 7.04. The molecule has 0 fully saturated rings. The SMILES string of the molecule is CC1(C)c2cc(N(c3ccccc3-c3ccccc3)c3cccc4c3oc3ccccc34)ccc2-c2cc3ccc(N(c4ccccc4)c4cccc5c4oc4c(-c6ccccc6)cccc45)cc3c3cccc1c23. The number of rotatable bonds is 8. The van der Waals surface area contributed by atoms with E-state index in [1.807, 2.05) is 6.07 Å². The number of nitrogens with zero attached hydrogens (tertiary/aromatic N) is 2. The van der Waals surface area contributed by atoms with Gasteiger partial charge in [0.2, 0.25) is 0 Å². The van der Waals surface area contributed by atoms with Gasteiger partial charge in [-0.25, -0.2) is 0 Å². The van der Waals surface area contributed by atoms with E-state index in [2.05, 4.69) is 272 Å². The number of hydrogen-bond donors (Lipinski definition) is 0. The molecule has 75 heavy (non-hydrogen) atoms. The standard InChI is InChI=1S/C71H48N2O2/c1-71(2)61-33-17-29-55-59-43-49(72(48-24-10-5-11-25-48)64-35-19-32-58-57-30-16-28-52(68(57)75-70(58)64)46-22-8-4-9-23-46)39-38-47(59)42-60(67(55)61)53-41-40-50(44-62(53)71)73(63-34-14-12-26-51(63)45-20-6-3-7-21-45)65-36-18-31-56-54-27-13-15-37-66(54)74-69(56)65/h3-44H,1-2H3. The van der Waals surface area contributed by atoms with Crippen molar-refractivity contribution >= 4 is 99.5 Å². The van der Waals surface area contributed by atoms with Gasteiger partial charge in [0.05, 0.1) is 17.1 Å². The molecule has 0 bridgehead atoms. The minimum absolute atomic E-state index is 0.356. The summed E-state index contributed by atoms with van der Waals surface area (Å²) in [5.74, 6) is 0. The highest BCUT2D eigenvalue weighted by molar-refractivity contribution is 6.19. The van der Waals surface area contributed by atoms with E-state index in [9.17, 15) is 0 Å². The van der Waals surface area contributed by atoms with Crippen LogP contribution in [0.1, 0.15) is 25.0 Å². The second-order valence-electron chi connectivity index (χ2n) is 20.4. The quantitative estimate of drug-likeness (QED) is 0.142. The molecule has 4 heteroatoms. The van der Waals surface area contributed by atoms with Crippen LogP contribution >= 0.6 is 0 Å². The highest BCUT2D eigenvalue weighted by Gasteiger charge is 2.35. The number of para-hydroxylation sites is 6. The summed E-state index contributed by atoms with van der Waals surface area (Å²) in [6, 6.07) is 91.9. The van der Waals surface area contributed by atoms with Gasteiger partial charge in [-0.05, 0) is 122 Å². The van der Waals surface area contributed by atoms with Gasteiger partial charge in [0.25, 0.3) is 0 Å². The van der Waals surface area contributed by atoms with Crippen LogP contribution in [0.25, 0.3) is 98.8 Å². The Hall–Kier alpha value is -9.64. The minimum atomic E-state index is -0.356. The number of fused-ring (bicyclic) bond motifs is 10. The van der Waals surface area contributed by atoms with Crippen molar-refractivity contribution in [1.29, 1.82) is 0 Å². The van der Waals surface area contributed by atoms with Crippen molar-refractivity contribution in [3.05, 3.63) is 266 Å². The molecular weight excluding hydrogens is 913 g/mol. The molecule has 0 aliphatic heterocycles. The Kier molecular flexibility index (Phi) is 9.58. The monoisotopic (exact) mass is 960 g/mol. The third kappa shape index (κ3) is 6.63. The molecule has 14 aromatic rings. The molecule has 354 valence electrons. The van der Waals surface area contributed by atoms with Crippen LogP contribution in [0.3, 0.4) is 0 Å². The summed E-state index contributed by atoms with van der Waals surface area (Å²) in [4.78, 5) is 4.77. The van der Waals surface area contributed by atoms with E-state index < -0.39 is 0 Å². The third-order valence-corrected chi connectivity index (χ3v) is 15.8. The number of anilines is 6. The first-order chi connectivity index (χ1) is 37.0. The van der Waals surface area contributed by atoms with Gasteiger partial charge in [-0.3, -0.25) is 0 Å². The average molecular weight is 961 g/mol. The van der Waals surface area contributed by atoms with Crippen molar-refractivity contribution in [2.45, 2.75) is 19.3 Å². The Morgan fingerprint density at radius 2 is 0.853 bits per heavy atom. The highest BCUT2D eigenvalue weighted by atomic mass is 16.3. The predicted octanol–water partition coefficient (Wildman–Crippen LogP) is 20.4. The molecule has 0 radical (unpaired) electrons. The fourth-order valence-corrected chi connectivity index (χ4v) is 12.3. The minimum Gasteiger partial charge on any atom is -0.454 e. The van der Waals surface area contributed by atoms with Crippen LogP contribution in [-0.2, 0) is 5.41 Å². The Morgan fingerprint density at radius 3 is 1.64 bits per heavy atom. The molecule has 0 spiro atoms. The lowest BCUT2D eigenvalue weighted by molar-refractivity contribution is 0.645. The van der Waals surface area contributed by atoms with Gasteiger partial charge < -0.3 is 18.6 Å². The van der Waals surface area contributed by atoms with Crippen LogP contribution in [0.15, 0.2) is 264 Å². The molecular formula is C71H48N2O2. The lowest BCUT2D eigenvalue weighted by Crippen LogP contribution is -2.24. The van der Waals surface area contributed by atoms with Crippen molar-refractivity contribution in [1.82, 2.24) is 0 Å². The van der Waals surface area contributed by atoms with E-state index in [0.29, 0.717) is 0 Å². The second-order valence-corrected chi connectivity index (χ2v) is 20.4. The van der Waals surface area contributed by atoms with Gasteiger partial charge in [0, 0.05) is 55.1 Å². The molecule has 0 N–H and O–H groups in total. The Bertz CT molecular complexity index is 4570. The van der Waals surface area contributed by atoms with Crippen LogP contribution in [0, 0.1) is 0 Å². The van der Waals surface area contributed by atoms with E-state index in [0.717, 1.165) is 100 Å². The van der Waals surface area contributed by atoms with Crippen molar-refractivity contribution in [3.63, 3.8) is 0 Å². The summed E-state index contributed by atoms with van der Waals surface area (Å²) < 4.78 is 13.8. The molecule has 2 aromatic heterocycles. The van der Waals surface area contributed by atoms with Crippen LogP contribution in [0.4, 0.5) is 34.1 Å². The lowest BCUT2D eigenvalue weighted by Gasteiger charge is -2.37. The molecule has 1 aliphatic rings. The molecule has 1 aliphatic carbocycles. The summed E-state index contributed by atoms with van der Waals surface area (Å²) >= 11 is 0. The van der Waals surface area contributed by atoms with Crippen LogP contribution in [0.5, 0.6) is 0 Å². The highest BCUT2D eigenvalue weighted by Crippen LogP contribution is 2.54. The van der Waals surface area contributed by atoms with Crippen molar-refractivity contribution in [2.24, 2.45) is 0 Å². The van der Waals surface area contributed by atoms with E-state index in [1.54, 1.807) is 0 Å². The molecule has 12 aromatic carbocycles. The van der Waals surface area contributed by atoms with Gasteiger partial charge in [0.15, 0.2) is 11.2 Å². The van der Waals surface area contributed by atoms with Gasteiger partial charge in [-0.15, -0.1) is 0 Å². The zero-order valence-electron chi connectivity index (χ0n) is 41.5. The van der Waals surface area contributed by atoms with Gasteiger partial charge in [-0.1, -0.05) is 202 Å². The smallest absolute Gasteiger partial charge is 0.159 e. The second kappa shape index (κ2) is 16.7. The van der Waals surface area contributed by atoms with E-state index in [4.69, 9.17) is 8.83 Å². The number of hydrogen-bond acceptors (Lipinski definition) is 4. The number of furan rings is 2.